The van der Waals surface area contributed by atoms with Crippen molar-refractivity contribution in [3.8, 4) is 0 Å². The van der Waals surface area contributed by atoms with Crippen molar-refractivity contribution in [3.63, 3.8) is 0 Å². The number of hydrazine groups is 1. The first-order chi connectivity index (χ1) is 7.36. The fraction of sp³-hybridized carbons (Fsp3) is 0.417. The van der Waals surface area contributed by atoms with Crippen LogP contribution in [-0.4, -0.2) is 29.0 Å². The van der Waals surface area contributed by atoms with E-state index in [9.17, 15) is 4.79 Å². The Morgan fingerprint density at radius 2 is 1.80 bits per heavy atom. The quantitative estimate of drug-likeness (QED) is 0.691. The van der Waals surface area contributed by atoms with Gasteiger partial charge in [-0.05, 0) is 24.5 Å². The molecule has 2 heterocycles. The van der Waals surface area contributed by atoms with E-state index in [-0.39, 0.29) is 5.91 Å². The molecule has 0 bridgehead atoms. The van der Waals surface area contributed by atoms with Gasteiger partial charge in [-0.15, -0.1) is 0 Å². The second-order valence-electron chi connectivity index (χ2n) is 4.18. The molecule has 15 heavy (non-hydrogen) atoms. The summed E-state index contributed by atoms with van der Waals surface area (Å²) < 4.78 is 0. The van der Waals surface area contributed by atoms with Gasteiger partial charge in [0.15, 0.2) is 0 Å². The number of hydrogen-bond acceptors (Lipinski definition) is 2. The summed E-state index contributed by atoms with van der Waals surface area (Å²) in [4.78, 5) is 12.1. The van der Waals surface area contributed by atoms with Crippen LogP contribution >= 0.6 is 0 Å². The van der Waals surface area contributed by atoms with Gasteiger partial charge in [-0.25, -0.2) is 5.01 Å². The van der Waals surface area contributed by atoms with Gasteiger partial charge in [0.05, 0.1) is 6.54 Å². The molecular formula is C12H14N2O. The maximum Gasteiger partial charge on any atom is 0.268 e. The smallest absolute Gasteiger partial charge is 0.268 e. The van der Waals surface area contributed by atoms with E-state index < -0.39 is 0 Å². The lowest BCUT2D eigenvalue weighted by molar-refractivity contribution is 0.00590. The molecule has 1 amide bonds. The first-order valence-corrected chi connectivity index (χ1v) is 5.51. The van der Waals surface area contributed by atoms with Gasteiger partial charge < -0.3 is 0 Å². The SMILES string of the molecule is O=C1c2ccccc2CN1N1CCCC1. The molecule has 2 aliphatic rings. The minimum atomic E-state index is 0.174. The molecule has 0 aliphatic carbocycles. The molecule has 1 aromatic carbocycles. The fourth-order valence-electron chi connectivity index (χ4n) is 2.41. The highest BCUT2D eigenvalue weighted by molar-refractivity contribution is 5.97. The molecule has 2 aliphatic heterocycles. The predicted octanol–water partition coefficient (Wildman–Crippen LogP) is 1.65. The van der Waals surface area contributed by atoms with Crippen LogP contribution in [0.15, 0.2) is 24.3 Å². The third-order valence-electron chi connectivity index (χ3n) is 3.23. The number of rotatable bonds is 1. The van der Waals surface area contributed by atoms with Crippen LogP contribution in [0.1, 0.15) is 28.8 Å². The molecule has 0 unspecified atom stereocenters. The van der Waals surface area contributed by atoms with Crippen molar-refractivity contribution < 1.29 is 4.79 Å². The van der Waals surface area contributed by atoms with Crippen molar-refractivity contribution in [1.29, 1.82) is 0 Å². The summed E-state index contributed by atoms with van der Waals surface area (Å²) in [6.45, 7) is 2.81. The number of carbonyl (C=O) groups excluding carboxylic acids is 1. The molecule has 1 saturated heterocycles. The molecule has 0 aromatic heterocycles. The minimum Gasteiger partial charge on any atom is -0.268 e. The average molecular weight is 202 g/mol. The third-order valence-corrected chi connectivity index (χ3v) is 3.23. The third kappa shape index (κ3) is 1.35. The molecule has 78 valence electrons. The molecule has 1 aromatic rings. The van der Waals surface area contributed by atoms with Gasteiger partial charge in [-0.2, -0.15) is 0 Å². The second kappa shape index (κ2) is 3.35. The molecule has 0 saturated carbocycles. The van der Waals surface area contributed by atoms with Crippen LogP contribution in [0.4, 0.5) is 0 Å². The Morgan fingerprint density at radius 3 is 2.53 bits per heavy atom. The van der Waals surface area contributed by atoms with E-state index in [1.54, 1.807) is 0 Å². The highest BCUT2D eigenvalue weighted by Gasteiger charge is 2.32. The summed E-state index contributed by atoms with van der Waals surface area (Å²) in [5, 5.41) is 4.08. The van der Waals surface area contributed by atoms with Crippen molar-refractivity contribution in [3.05, 3.63) is 35.4 Å². The number of benzene rings is 1. The zero-order chi connectivity index (χ0) is 10.3. The molecule has 3 heteroatoms. The van der Waals surface area contributed by atoms with Crippen molar-refractivity contribution in [2.75, 3.05) is 13.1 Å². The molecule has 0 N–H and O–H groups in total. The minimum absolute atomic E-state index is 0.174. The van der Waals surface area contributed by atoms with Crippen LogP contribution < -0.4 is 0 Å². The summed E-state index contributed by atoms with van der Waals surface area (Å²) in [5.41, 5.74) is 2.04. The van der Waals surface area contributed by atoms with Crippen LogP contribution in [0, 0.1) is 0 Å². The standard InChI is InChI=1S/C12H14N2O/c15-12-11-6-2-1-5-10(11)9-14(12)13-7-3-4-8-13/h1-2,5-6H,3-4,7-9H2. The Labute approximate surface area is 89.3 Å². The molecule has 0 spiro atoms. The lowest BCUT2D eigenvalue weighted by atomic mass is 10.1. The first-order valence-electron chi connectivity index (χ1n) is 5.51. The van der Waals surface area contributed by atoms with E-state index in [0.717, 1.165) is 30.8 Å². The summed E-state index contributed by atoms with van der Waals surface area (Å²) >= 11 is 0. The Bertz CT molecular complexity index is 396. The molecular weight excluding hydrogens is 188 g/mol. The van der Waals surface area contributed by atoms with Gasteiger partial charge in [0, 0.05) is 18.7 Å². The van der Waals surface area contributed by atoms with Crippen LogP contribution in [0.25, 0.3) is 0 Å². The van der Waals surface area contributed by atoms with E-state index in [2.05, 4.69) is 5.01 Å². The lowest BCUT2D eigenvalue weighted by Crippen LogP contribution is -2.40. The molecule has 3 rings (SSSR count). The highest BCUT2D eigenvalue weighted by Crippen LogP contribution is 2.25. The monoisotopic (exact) mass is 202 g/mol. The van der Waals surface area contributed by atoms with E-state index in [0.29, 0.717) is 0 Å². The zero-order valence-corrected chi connectivity index (χ0v) is 8.65. The highest BCUT2D eigenvalue weighted by atomic mass is 16.2. The zero-order valence-electron chi connectivity index (χ0n) is 8.65. The molecule has 1 fully saturated rings. The van der Waals surface area contributed by atoms with Gasteiger partial charge in [-0.1, -0.05) is 18.2 Å². The van der Waals surface area contributed by atoms with E-state index in [1.807, 2.05) is 29.3 Å². The Morgan fingerprint density at radius 1 is 1.07 bits per heavy atom. The van der Waals surface area contributed by atoms with Crippen molar-refractivity contribution in [2.45, 2.75) is 19.4 Å². The van der Waals surface area contributed by atoms with Crippen LogP contribution in [0.5, 0.6) is 0 Å². The number of hydrogen-bond donors (Lipinski definition) is 0. The topological polar surface area (TPSA) is 23.6 Å². The largest absolute Gasteiger partial charge is 0.268 e. The van der Waals surface area contributed by atoms with Crippen molar-refractivity contribution >= 4 is 5.91 Å². The van der Waals surface area contributed by atoms with Gasteiger partial charge in [-0.3, -0.25) is 9.80 Å². The van der Waals surface area contributed by atoms with Gasteiger partial charge >= 0.3 is 0 Å². The van der Waals surface area contributed by atoms with E-state index >= 15 is 0 Å². The van der Waals surface area contributed by atoms with Gasteiger partial charge in [0.25, 0.3) is 5.91 Å². The summed E-state index contributed by atoms with van der Waals surface area (Å²) in [6, 6.07) is 7.90. The number of carbonyl (C=O) groups is 1. The van der Waals surface area contributed by atoms with Crippen LogP contribution in [0.2, 0.25) is 0 Å². The summed E-state index contributed by atoms with van der Waals surface area (Å²) in [6.07, 6.45) is 2.42. The van der Waals surface area contributed by atoms with E-state index in [1.165, 1.54) is 12.8 Å². The molecule has 0 atom stereocenters. The maximum absolute atomic E-state index is 12.1. The number of amides is 1. The van der Waals surface area contributed by atoms with Crippen molar-refractivity contribution in [1.82, 2.24) is 10.0 Å². The Kier molecular flexibility index (Phi) is 1.99. The number of fused-ring (bicyclic) bond motifs is 1. The summed E-state index contributed by atoms with van der Waals surface area (Å²) in [7, 11) is 0. The van der Waals surface area contributed by atoms with Crippen LogP contribution in [0.3, 0.4) is 0 Å². The van der Waals surface area contributed by atoms with Gasteiger partial charge in [0.1, 0.15) is 0 Å². The van der Waals surface area contributed by atoms with Crippen molar-refractivity contribution in [2.24, 2.45) is 0 Å². The average Bonchev–Trinajstić information content (AvgIpc) is 2.87. The number of nitrogens with zero attached hydrogens (tertiary/aromatic N) is 2. The fourth-order valence-corrected chi connectivity index (χ4v) is 2.41. The normalized spacial score (nSPS) is 21.1. The summed E-state index contributed by atoms with van der Waals surface area (Å²) in [5.74, 6) is 0.174. The second-order valence-corrected chi connectivity index (χ2v) is 4.18. The molecule has 0 radical (unpaired) electrons. The Hall–Kier alpha value is -1.35. The van der Waals surface area contributed by atoms with E-state index in [4.69, 9.17) is 0 Å². The van der Waals surface area contributed by atoms with Gasteiger partial charge in [0.2, 0.25) is 0 Å². The molecule has 3 nitrogen and oxygen atoms in total. The maximum atomic E-state index is 12.1. The Balaban J connectivity index is 1.89. The first kappa shape index (κ1) is 8.92. The predicted molar refractivity (Wildman–Crippen MR) is 57.1 cm³/mol. The van der Waals surface area contributed by atoms with Crippen LogP contribution in [-0.2, 0) is 6.54 Å². The lowest BCUT2D eigenvalue weighted by Gasteiger charge is -2.26.